The lowest BCUT2D eigenvalue weighted by Gasteiger charge is -2.32. The van der Waals surface area contributed by atoms with Crippen LogP contribution in [0.5, 0.6) is 34.5 Å². The Hall–Kier alpha value is -3.41. The highest BCUT2D eigenvalue weighted by atomic mass is 31.2. The number of benzene rings is 4. The van der Waals surface area contributed by atoms with Crippen LogP contribution < -0.4 is 27.1 Å². The number of aldehydes is 1. The van der Waals surface area contributed by atoms with Crippen LogP contribution in [0.3, 0.4) is 0 Å². The van der Waals surface area contributed by atoms with Gasteiger partial charge in [-0.15, -0.1) is 0 Å². The summed E-state index contributed by atoms with van der Waals surface area (Å²) in [7, 11) is -7.91. The van der Waals surface area contributed by atoms with E-state index in [9.17, 15) is 13.9 Å². The van der Waals surface area contributed by atoms with E-state index in [-0.39, 0.29) is 28.6 Å². The highest BCUT2D eigenvalue weighted by Gasteiger charge is 2.54. The van der Waals surface area contributed by atoms with Crippen LogP contribution in [0.25, 0.3) is 32.3 Å². The fraction of sp³-hybridized carbons (Fsp3) is 0. The van der Waals surface area contributed by atoms with Crippen molar-refractivity contribution in [3.63, 3.8) is 0 Å². The number of phosphoric ester groups is 2. The van der Waals surface area contributed by atoms with Crippen molar-refractivity contribution in [2.45, 2.75) is 0 Å². The fourth-order valence-electron chi connectivity index (χ4n) is 4.56. The maximum atomic E-state index is 13.2. The van der Waals surface area contributed by atoms with Crippen LogP contribution >= 0.6 is 15.6 Å². The van der Waals surface area contributed by atoms with Gasteiger partial charge >= 0.3 is 15.6 Å². The van der Waals surface area contributed by atoms with Crippen LogP contribution in [-0.2, 0) is 9.13 Å². The molecule has 0 aromatic heterocycles. The minimum Gasteiger partial charge on any atom is -0.385 e. The molecular formula is C19H6O9P2. The standard InChI is InChI=1S/C19H6O9P2/c20-6-10-9-5-8-4-7-2-1-3-11-12(7)16-13(8)17(26-29(21,23-11)25-16)14(9)18-19-15(10)24-30(22,27-18)28-19/h1-6H. The second-order valence-corrected chi connectivity index (χ2v) is 10.1. The summed E-state index contributed by atoms with van der Waals surface area (Å²) in [6.07, 6.45) is 0.592. The third-order valence-electron chi connectivity index (χ3n) is 5.65. The number of rotatable bonds is 1. The lowest BCUT2D eigenvalue weighted by molar-refractivity contribution is 0.112. The van der Waals surface area contributed by atoms with E-state index in [4.69, 9.17) is 27.1 Å². The molecule has 0 saturated carbocycles. The topological polar surface area (TPSA) is 107 Å². The monoisotopic (exact) mass is 440 g/mol. The first kappa shape index (κ1) is 15.4. The maximum Gasteiger partial charge on any atom is 0.647 e. The van der Waals surface area contributed by atoms with Crippen LogP contribution in [0.2, 0.25) is 0 Å². The Morgan fingerprint density at radius 1 is 0.667 bits per heavy atom. The SMILES string of the molecule is O=Cc1c2c3c(c4c5c6c7c8c(cccc8cc6cc14)OP(=O)(O7)O5)OP(=O)(O2)O3. The molecule has 2 unspecified atom stereocenters. The number of hydrogen-bond acceptors (Lipinski definition) is 9. The average Bonchev–Trinajstić information content (AvgIpc) is 3.21. The van der Waals surface area contributed by atoms with Gasteiger partial charge in [0.05, 0.1) is 21.7 Å². The Balaban J connectivity index is 1.69. The van der Waals surface area contributed by atoms with Crippen molar-refractivity contribution in [1.82, 2.24) is 0 Å². The van der Waals surface area contributed by atoms with Crippen LogP contribution in [0.15, 0.2) is 30.3 Å². The zero-order valence-corrected chi connectivity index (χ0v) is 16.3. The van der Waals surface area contributed by atoms with E-state index in [0.29, 0.717) is 44.7 Å². The molecule has 9 nitrogen and oxygen atoms in total. The Kier molecular flexibility index (Phi) is 2.24. The summed E-state index contributed by atoms with van der Waals surface area (Å²) in [6.45, 7) is 0. The van der Waals surface area contributed by atoms with Gasteiger partial charge in [-0.2, -0.15) is 9.13 Å². The minimum atomic E-state index is -4.03. The van der Waals surface area contributed by atoms with Gasteiger partial charge in [-0.3, -0.25) is 4.79 Å². The van der Waals surface area contributed by atoms with Crippen molar-refractivity contribution in [2.75, 3.05) is 0 Å². The van der Waals surface area contributed by atoms with Crippen molar-refractivity contribution in [2.24, 2.45) is 0 Å². The predicted molar refractivity (Wildman–Crippen MR) is 103 cm³/mol. The molecule has 4 bridgehead atoms. The number of hydrogen-bond donors (Lipinski definition) is 0. The summed E-state index contributed by atoms with van der Waals surface area (Å²) < 4.78 is 58.8. The molecule has 0 N–H and O–H groups in total. The first-order valence-electron chi connectivity index (χ1n) is 8.86. The Bertz CT molecular complexity index is 1690. The molecule has 4 aromatic carbocycles. The minimum absolute atomic E-state index is 0.0643. The van der Waals surface area contributed by atoms with Crippen LogP contribution in [0.1, 0.15) is 10.4 Å². The quantitative estimate of drug-likeness (QED) is 0.215. The smallest absolute Gasteiger partial charge is 0.385 e. The molecule has 4 heterocycles. The molecule has 0 spiro atoms. The van der Waals surface area contributed by atoms with Crippen LogP contribution in [-0.4, -0.2) is 6.29 Å². The summed E-state index contributed by atoms with van der Waals surface area (Å²) in [5.41, 5.74) is 0.140. The third kappa shape index (κ3) is 1.53. The lowest BCUT2D eigenvalue weighted by atomic mass is 9.94. The molecule has 8 rings (SSSR count). The van der Waals surface area contributed by atoms with Gasteiger partial charge in [0.1, 0.15) is 5.75 Å². The van der Waals surface area contributed by atoms with E-state index in [1.165, 1.54) is 0 Å². The van der Waals surface area contributed by atoms with Crippen molar-refractivity contribution < 1.29 is 41.1 Å². The molecule has 2 atom stereocenters. The van der Waals surface area contributed by atoms with Gasteiger partial charge in [0, 0.05) is 5.39 Å². The van der Waals surface area contributed by atoms with E-state index in [0.717, 1.165) is 5.39 Å². The van der Waals surface area contributed by atoms with Gasteiger partial charge in [0.25, 0.3) is 0 Å². The van der Waals surface area contributed by atoms with Gasteiger partial charge in [-0.05, 0) is 29.0 Å². The summed E-state index contributed by atoms with van der Waals surface area (Å²) in [6, 6.07) is 9.02. The molecule has 30 heavy (non-hydrogen) atoms. The zero-order chi connectivity index (χ0) is 20.0. The second kappa shape index (κ2) is 4.36. The van der Waals surface area contributed by atoms with Crippen molar-refractivity contribution in [3.8, 4) is 34.5 Å². The third-order valence-corrected chi connectivity index (χ3v) is 8.10. The van der Waals surface area contributed by atoms with Gasteiger partial charge in [0.2, 0.25) is 5.75 Å². The Morgan fingerprint density at radius 3 is 2.17 bits per heavy atom. The molecule has 4 aromatic rings. The largest absolute Gasteiger partial charge is 0.647 e. The Morgan fingerprint density at radius 2 is 1.37 bits per heavy atom. The number of fused-ring (bicyclic) bond motifs is 5. The van der Waals surface area contributed by atoms with E-state index < -0.39 is 15.6 Å². The molecule has 11 heteroatoms. The highest BCUT2D eigenvalue weighted by molar-refractivity contribution is 7.51. The summed E-state index contributed by atoms with van der Waals surface area (Å²) in [5, 5.41) is 3.46. The molecular weight excluding hydrogens is 434 g/mol. The van der Waals surface area contributed by atoms with Gasteiger partial charge in [0.15, 0.2) is 29.3 Å². The van der Waals surface area contributed by atoms with Gasteiger partial charge in [-0.1, -0.05) is 12.1 Å². The number of phosphoric acid groups is 2. The molecule has 0 fully saturated rings. The molecule has 146 valence electrons. The molecule has 0 saturated heterocycles. The van der Waals surface area contributed by atoms with E-state index >= 15 is 0 Å². The van der Waals surface area contributed by atoms with E-state index in [1.807, 2.05) is 12.1 Å². The average molecular weight is 440 g/mol. The lowest BCUT2D eigenvalue weighted by Crippen LogP contribution is -2.16. The van der Waals surface area contributed by atoms with Crippen molar-refractivity contribution in [3.05, 3.63) is 35.9 Å². The molecule has 4 aliphatic rings. The number of carbonyl (C=O) groups is 1. The van der Waals surface area contributed by atoms with Crippen LogP contribution in [0, 0.1) is 0 Å². The van der Waals surface area contributed by atoms with Crippen molar-refractivity contribution >= 4 is 54.2 Å². The maximum absolute atomic E-state index is 13.2. The Labute approximate surface area is 166 Å². The summed E-state index contributed by atoms with van der Waals surface area (Å²) in [4.78, 5) is 12.0. The summed E-state index contributed by atoms with van der Waals surface area (Å²) in [5.74, 6) is 1.18. The normalized spacial score (nSPS) is 25.6. The molecule has 0 amide bonds. The van der Waals surface area contributed by atoms with Crippen molar-refractivity contribution in [1.29, 1.82) is 0 Å². The number of carbonyl (C=O) groups excluding carboxylic acids is 1. The molecule has 0 aliphatic carbocycles. The fourth-order valence-corrected chi connectivity index (χ4v) is 7.18. The first-order valence-corrected chi connectivity index (χ1v) is 11.8. The molecule has 4 aliphatic heterocycles. The summed E-state index contributed by atoms with van der Waals surface area (Å²) >= 11 is 0. The van der Waals surface area contributed by atoms with Gasteiger partial charge < -0.3 is 27.1 Å². The van der Waals surface area contributed by atoms with E-state index in [2.05, 4.69) is 0 Å². The second-order valence-electron chi connectivity index (χ2n) is 7.25. The van der Waals surface area contributed by atoms with Crippen LogP contribution in [0.4, 0.5) is 0 Å². The van der Waals surface area contributed by atoms with E-state index in [1.54, 1.807) is 18.2 Å². The zero-order valence-electron chi connectivity index (χ0n) is 14.5. The predicted octanol–water partition coefficient (Wildman–Crippen LogP) is 5.50. The van der Waals surface area contributed by atoms with Gasteiger partial charge in [-0.25, -0.2) is 0 Å². The first-order chi connectivity index (χ1) is 14.5. The molecule has 0 radical (unpaired) electrons. The highest BCUT2D eigenvalue weighted by Crippen LogP contribution is 2.74.